The molecule has 0 bridgehead atoms. The first-order chi connectivity index (χ1) is 21.9. The van der Waals surface area contributed by atoms with Crippen molar-refractivity contribution in [2.75, 3.05) is 72.1 Å². The Kier molecular flexibility index (Phi) is 8.33. The highest BCUT2D eigenvalue weighted by molar-refractivity contribution is 5.93. The molecule has 2 aromatic rings. The smallest absolute Gasteiger partial charge is 0.228 e. The average molecular weight is 619 g/mol. The van der Waals surface area contributed by atoms with Gasteiger partial charge in [-0.1, -0.05) is 25.1 Å². The number of para-hydroxylation sites is 1. The lowest BCUT2D eigenvalue weighted by Crippen LogP contribution is -2.66. The summed E-state index contributed by atoms with van der Waals surface area (Å²) in [7, 11) is 0. The summed E-state index contributed by atoms with van der Waals surface area (Å²) in [4.78, 5) is 66.5. The first-order valence-electron chi connectivity index (χ1n) is 17.0. The van der Waals surface area contributed by atoms with E-state index in [9.17, 15) is 19.2 Å². The maximum atomic E-state index is 14.7. The van der Waals surface area contributed by atoms with E-state index in [1.165, 1.54) is 5.56 Å². The Morgan fingerprint density at radius 3 is 2.40 bits per heavy atom. The summed E-state index contributed by atoms with van der Waals surface area (Å²) in [6.45, 7) is 9.06. The third-order valence-electron chi connectivity index (χ3n) is 11.0. The second-order valence-corrected chi connectivity index (χ2v) is 13.5. The number of aromatic amines is 1. The molecule has 2 N–H and O–H groups in total. The van der Waals surface area contributed by atoms with E-state index in [-0.39, 0.29) is 36.0 Å². The molecule has 3 atom stereocenters. The van der Waals surface area contributed by atoms with E-state index in [2.05, 4.69) is 34.3 Å². The SMILES string of the molecule is CC[C@]12c3[nH]c4ccccc4c3CCN1C(=O)C(CC(=O)NCCN1CCOCC1)C[C@@H]2C(=O)N1CCN(C(=O)C2CC2)CC1. The Morgan fingerprint density at radius 2 is 1.69 bits per heavy atom. The minimum Gasteiger partial charge on any atom is -0.379 e. The number of amides is 4. The number of benzene rings is 1. The van der Waals surface area contributed by atoms with Crippen LogP contribution in [-0.2, 0) is 35.9 Å². The number of morpholine rings is 1. The molecular formula is C34H46N6O5. The molecule has 4 amide bonds. The van der Waals surface area contributed by atoms with Crippen LogP contribution in [-0.4, -0.2) is 120 Å². The lowest BCUT2D eigenvalue weighted by atomic mass is 9.65. The van der Waals surface area contributed by atoms with Gasteiger partial charge in [-0.15, -0.1) is 0 Å². The molecule has 4 aliphatic heterocycles. The van der Waals surface area contributed by atoms with E-state index in [0.717, 1.165) is 49.1 Å². The molecule has 11 heteroatoms. The van der Waals surface area contributed by atoms with Gasteiger partial charge >= 0.3 is 0 Å². The van der Waals surface area contributed by atoms with Gasteiger partial charge in [0.05, 0.1) is 24.7 Å². The fourth-order valence-electron chi connectivity index (χ4n) is 8.38. The van der Waals surface area contributed by atoms with Crippen molar-refractivity contribution in [3.05, 3.63) is 35.5 Å². The molecule has 5 aliphatic rings. The summed E-state index contributed by atoms with van der Waals surface area (Å²) in [5.41, 5.74) is 2.36. The van der Waals surface area contributed by atoms with E-state index in [4.69, 9.17) is 4.74 Å². The molecule has 4 fully saturated rings. The van der Waals surface area contributed by atoms with E-state index in [0.29, 0.717) is 71.7 Å². The predicted molar refractivity (Wildman–Crippen MR) is 168 cm³/mol. The second-order valence-electron chi connectivity index (χ2n) is 13.5. The van der Waals surface area contributed by atoms with Crippen LogP contribution in [0, 0.1) is 17.8 Å². The number of fused-ring (bicyclic) bond motifs is 5. The molecule has 1 saturated carbocycles. The third-order valence-corrected chi connectivity index (χ3v) is 11.0. The zero-order chi connectivity index (χ0) is 31.1. The number of carbonyl (C=O) groups is 4. The zero-order valence-electron chi connectivity index (χ0n) is 26.4. The summed E-state index contributed by atoms with van der Waals surface area (Å²) in [5, 5.41) is 4.18. The first-order valence-corrected chi connectivity index (χ1v) is 17.0. The van der Waals surface area contributed by atoms with Crippen molar-refractivity contribution in [2.24, 2.45) is 17.8 Å². The largest absolute Gasteiger partial charge is 0.379 e. The molecule has 45 heavy (non-hydrogen) atoms. The van der Waals surface area contributed by atoms with Crippen LogP contribution in [0.5, 0.6) is 0 Å². The number of piperazine rings is 1. The van der Waals surface area contributed by atoms with Gasteiger partial charge in [0.25, 0.3) is 0 Å². The van der Waals surface area contributed by atoms with Gasteiger partial charge in [0.2, 0.25) is 23.6 Å². The van der Waals surface area contributed by atoms with E-state index in [1.54, 1.807) is 0 Å². The molecule has 0 radical (unpaired) electrons. The molecule has 1 aromatic carbocycles. The molecule has 1 aromatic heterocycles. The number of nitrogens with zero attached hydrogens (tertiary/aromatic N) is 4. The normalized spacial score (nSPS) is 27.3. The van der Waals surface area contributed by atoms with Crippen LogP contribution >= 0.6 is 0 Å². The fraction of sp³-hybridized carbons (Fsp3) is 0.647. The second kappa shape index (κ2) is 12.4. The lowest BCUT2D eigenvalue weighted by Gasteiger charge is -2.56. The zero-order valence-corrected chi connectivity index (χ0v) is 26.4. The molecule has 3 saturated heterocycles. The minimum absolute atomic E-state index is 0.0251. The van der Waals surface area contributed by atoms with Gasteiger partial charge in [-0.05, 0) is 43.7 Å². The molecule has 1 aliphatic carbocycles. The van der Waals surface area contributed by atoms with Gasteiger partial charge in [0.1, 0.15) is 0 Å². The number of carbonyl (C=O) groups excluding carboxylic acids is 4. The molecular weight excluding hydrogens is 572 g/mol. The lowest BCUT2D eigenvalue weighted by molar-refractivity contribution is -0.167. The Labute approximate surface area is 264 Å². The van der Waals surface area contributed by atoms with Crippen LogP contribution < -0.4 is 5.32 Å². The molecule has 242 valence electrons. The highest BCUT2D eigenvalue weighted by Gasteiger charge is 2.59. The van der Waals surface area contributed by atoms with Crippen molar-refractivity contribution >= 4 is 34.5 Å². The average Bonchev–Trinajstić information content (AvgIpc) is 3.85. The molecule has 7 rings (SSSR count). The quantitative estimate of drug-likeness (QED) is 0.465. The monoisotopic (exact) mass is 618 g/mol. The highest BCUT2D eigenvalue weighted by atomic mass is 16.5. The fourth-order valence-corrected chi connectivity index (χ4v) is 8.38. The van der Waals surface area contributed by atoms with Crippen molar-refractivity contribution in [1.29, 1.82) is 0 Å². The summed E-state index contributed by atoms with van der Waals surface area (Å²) >= 11 is 0. The summed E-state index contributed by atoms with van der Waals surface area (Å²) in [5.74, 6) is -0.833. The topological polar surface area (TPSA) is 118 Å². The number of piperidine rings is 1. The van der Waals surface area contributed by atoms with Gasteiger partial charge in [-0.2, -0.15) is 0 Å². The van der Waals surface area contributed by atoms with Crippen molar-refractivity contribution in [3.63, 3.8) is 0 Å². The molecule has 5 heterocycles. The number of hydrogen-bond acceptors (Lipinski definition) is 6. The molecule has 1 unspecified atom stereocenters. The Hall–Kier alpha value is -3.44. The number of rotatable bonds is 8. The van der Waals surface area contributed by atoms with Crippen molar-refractivity contribution in [3.8, 4) is 0 Å². The highest BCUT2D eigenvalue weighted by Crippen LogP contribution is 2.52. The van der Waals surface area contributed by atoms with Crippen LogP contribution in [0.2, 0.25) is 0 Å². The number of nitrogens with one attached hydrogen (secondary N) is 2. The standard InChI is InChI=1S/C34H46N6O5/c1-2-34-27(33(44)39-15-13-38(14-16-39)31(42)23-7-8-23)21-24(22-29(41)35-10-12-37-17-19-45-20-18-37)32(43)40(34)11-9-26-25-5-3-4-6-28(25)36-30(26)34/h3-6,23-24,27,36H,2,7-22H2,1H3,(H,35,41)/t24?,27-,34+/m1/s1. The van der Waals surface area contributed by atoms with Crippen LogP contribution in [0.3, 0.4) is 0 Å². The number of aromatic nitrogens is 1. The van der Waals surface area contributed by atoms with Crippen molar-refractivity contribution in [1.82, 2.24) is 29.9 Å². The number of ether oxygens (including phenoxy) is 1. The van der Waals surface area contributed by atoms with E-state index < -0.39 is 17.4 Å². The maximum absolute atomic E-state index is 14.7. The predicted octanol–water partition coefficient (Wildman–Crippen LogP) is 1.71. The molecule has 0 spiro atoms. The first kappa shape index (κ1) is 30.2. The van der Waals surface area contributed by atoms with Crippen LogP contribution in [0.25, 0.3) is 10.9 Å². The van der Waals surface area contributed by atoms with Gasteiger partial charge in [0, 0.05) is 93.8 Å². The van der Waals surface area contributed by atoms with Crippen LogP contribution in [0.4, 0.5) is 0 Å². The van der Waals surface area contributed by atoms with E-state index in [1.807, 2.05) is 26.8 Å². The van der Waals surface area contributed by atoms with Crippen molar-refractivity contribution in [2.45, 2.75) is 51.0 Å². The Balaban J connectivity index is 1.14. The number of hydrogen-bond donors (Lipinski definition) is 2. The summed E-state index contributed by atoms with van der Waals surface area (Å²) in [6, 6.07) is 8.21. The van der Waals surface area contributed by atoms with Gasteiger partial charge in [-0.3, -0.25) is 24.1 Å². The Morgan fingerprint density at radius 1 is 0.978 bits per heavy atom. The number of H-pyrrole nitrogens is 1. The minimum atomic E-state index is -0.814. The summed E-state index contributed by atoms with van der Waals surface area (Å²) in [6.07, 6.45) is 3.64. The van der Waals surface area contributed by atoms with Gasteiger partial charge in [0.15, 0.2) is 0 Å². The summed E-state index contributed by atoms with van der Waals surface area (Å²) < 4.78 is 5.42. The Bertz CT molecular complexity index is 1460. The maximum Gasteiger partial charge on any atom is 0.228 e. The van der Waals surface area contributed by atoms with Gasteiger partial charge < -0.3 is 29.7 Å². The van der Waals surface area contributed by atoms with Crippen LogP contribution in [0.1, 0.15) is 50.3 Å². The van der Waals surface area contributed by atoms with Crippen LogP contribution in [0.15, 0.2) is 24.3 Å². The molecule has 11 nitrogen and oxygen atoms in total. The van der Waals surface area contributed by atoms with Gasteiger partial charge in [-0.25, -0.2) is 0 Å². The van der Waals surface area contributed by atoms with E-state index >= 15 is 0 Å². The van der Waals surface area contributed by atoms with Crippen molar-refractivity contribution < 1.29 is 23.9 Å². The third kappa shape index (κ3) is 5.52.